The molecule has 0 aromatic rings. The first-order valence-corrected chi connectivity index (χ1v) is 16.4. The number of hydrogen-bond donors (Lipinski definition) is 2. The topological polar surface area (TPSA) is 122 Å². The van der Waals surface area contributed by atoms with Crippen molar-refractivity contribution in [3.63, 3.8) is 0 Å². The Morgan fingerprint density at radius 3 is 2.29 bits per heavy atom. The molecule has 4 saturated carbocycles. The second-order valence-electron chi connectivity index (χ2n) is 16.7. The number of carbonyl (C=O) groups excluding carboxylic acids is 3. The van der Waals surface area contributed by atoms with Crippen LogP contribution in [-0.2, 0) is 23.9 Å². The molecule has 0 bridgehead atoms. The van der Waals surface area contributed by atoms with Crippen molar-refractivity contribution < 1.29 is 23.9 Å². The SMILES string of the molecule is COC(=O)[C@@]1(C)CC[C@]2(C)CC[C@]3(C)C(=CC(=O)[C@@H]4[C@@]5(C)CC[C@H](OC(=O)[C@H](N)CCN)C(C)(C)[C@@H]5CC[C@]43C)[C@@H]2C1. The molecule has 5 aliphatic rings. The van der Waals surface area contributed by atoms with E-state index < -0.39 is 11.5 Å². The molecule has 0 heterocycles. The standard InChI is InChI=1S/C35H56N2O5/c1-30(2)25-9-13-35(7)27(33(25,5)12-10-26(30)42-28(39)23(37)11-18-36)24(38)19-21-22-20-32(4,29(40)41-8)15-14-31(22,3)16-17-34(21,35)6/h19,22-23,25-27H,9-18,20,36-37H2,1-8H3/t22-,23+,25-,26-,27+,31+,32-,33-,34+,35+/m0/s1. The Hall–Kier alpha value is -1.73. The molecule has 0 spiro atoms. The predicted octanol–water partition coefficient (Wildman–Crippen LogP) is 5.73. The molecule has 0 saturated heterocycles. The maximum absolute atomic E-state index is 14.6. The van der Waals surface area contributed by atoms with E-state index >= 15 is 0 Å². The predicted molar refractivity (Wildman–Crippen MR) is 163 cm³/mol. The van der Waals surface area contributed by atoms with Crippen LogP contribution >= 0.6 is 0 Å². The molecular formula is C35H56N2O5. The highest BCUT2D eigenvalue weighted by atomic mass is 16.5. The second-order valence-corrected chi connectivity index (χ2v) is 16.7. The van der Waals surface area contributed by atoms with Crippen LogP contribution in [0.15, 0.2) is 11.6 Å². The summed E-state index contributed by atoms with van der Waals surface area (Å²) in [7, 11) is 1.49. The fraction of sp³-hybridized carbons (Fsp3) is 0.857. The zero-order chi connectivity index (χ0) is 31.1. The monoisotopic (exact) mass is 584 g/mol. The number of allylic oxidation sites excluding steroid dienone is 2. The first kappa shape index (κ1) is 31.7. The number of ether oxygens (including phenoxy) is 2. The van der Waals surface area contributed by atoms with Gasteiger partial charge in [-0.2, -0.15) is 0 Å². The summed E-state index contributed by atoms with van der Waals surface area (Å²) in [6.07, 6.45) is 10.5. The third-order valence-electron chi connectivity index (χ3n) is 14.2. The summed E-state index contributed by atoms with van der Waals surface area (Å²) in [6, 6.07) is -0.699. The van der Waals surface area contributed by atoms with Gasteiger partial charge in [-0.15, -0.1) is 0 Å². The summed E-state index contributed by atoms with van der Waals surface area (Å²) in [5, 5.41) is 0. The van der Waals surface area contributed by atoms with E-state index in [2.05, 4.69) is 54.5 Å². The van der Waals surface area contributed by atoms with E-state index in [0.29, 0.717) is 13.0 Å². The van der Waals surface area contributed by atoms with E-state index in [-0.39, 0.29) is 68.7 Å². The molecule has 7 nitrogen and oxygen atoms in total. The zero-order valence-electron chi connectivity index (χ0n) is 27.4. The highest BCUT2D eigenvalue weighted by Gasteiger charge is 2.70. The van der Waals surface area contributed by atoms with Gasteiger partial charge < -0.3 is 20.9 Å². The third kappa shape index (κ3) is 4.29. The number of methoxy groups -OCH3 is 1. The van der Waals surface area contributed by atoms with Crippen LogP contribution in [0.2, 0.25) is 0 Å². The van der Waals surface area contributed by atoms with Gasteiger partial charge in [0.05, 0.1) is 12.5 Å². The average molecular weight is 585 g/mol. The van der Waals surface area contributed by atoms with Crippen molar-refractivity contribution in [2.75, 3.05) is 13.7 Å². The lowest BCUT2D eigenvalue weighted by Gasteiger charge is -2.70. The summed E-state index contributed by atoms with van der Waals surface area (Å²) >= 11 is 0. The van der Waals surface area contributed by atoms with E-state index in [4.69, 9.17) is 20.9 Å². The fourth-order valence-electron chi connectivity index (χ4n) is 11.3. The molecule has 0 radical (unpaired) electrons. The molecule has 236 valence electrons. The number of nitrogens with two attached hydrogens (primary N) is 2. The molecule has 5 rings (SSSR count). The molecule has 4 N–H and O–H groups in total. The molecule has 0 aromatic heterocycles. The van der Waals surface area contributed by atoms with Crippen molar-refractivity contribution >= 4 is 17.7 Å². The Morgan fingerprint density at radius 2 is 1.64 bits per heavy atom. The van der Waals surface area contributed by atoms with Crippen LogP contribution in [0.3, 0.4) is 0 Å². The zero-order valence-corrected chi connectivity index (χ0v) is 27.4. The first-order valence-electron chi connectivity index (χ1n) is 16.4. The van der Waals surface area contributed by atoms with Gasteiger partial charge in [-0.05, 0) is 117 Å². The van der Waals surface area contributed by atoms with Crippen molar-refractivity contribution in [3.05, 3.63) is 11.6 Å². The number of esters is 2. The van der Waals surface area contributed by atoms with Gasteiger partial charge in [-0.1, -0.05) is 47.1 Å². The highest BCUT2D eigenvalue weighted by molar-refractivity contribution is 5.95. The van der Waals surface area contributed by atoms with Gasteiger partial charge in [-0.3, -0.25) is 14.4 Å². The summed E-state index contributed by atoms with van der Waals surface area (Å²) in [5.41, 5.74) is 11.8. The quantitative estimate of drug-likeness (QED) is 0.396. The lowest BCUT2D eigenvalue weighted by atomic mass is 9.33. The van der Waals surface area contributed by atoms with E-state index in [1.807, 2.05) is 0 Å². The molecule has 0 unspecified atom stereocenters. The van der Waals surface area contributed by atoms with E-state index in [9.17, 15) is 14.4 Å². The third-order valence-corrected chi connectivity index (χ3v) is 14.2. The fourth-order valence-corrected chi connectivity index (χ4v) is 11.3. The van der Waals surface area contributed by atoms with Crippen molar-refractivity contribution in [2.45, 2.75) is 125 Å². The number of rotatable bonds is 5. The second kappa shape index (κ2) is 10.2. The van der Waals surface area contributed by atoms with Gasteiger partial charge in [0.2, 0.25) is 0 Å². The molecule has 7 heteroatoms. The van der Waals surface area contributed by atoms with Crippen LogP contribution in [-0.4, -0.2) is 43.5 Å². The van der Waals surface area contributed by atoms with Gasteiger partial charge in [0.1, 0.15) is 12.1 Å². The molecule has 0 aliphatic heterocycles. The van der Waals surface area contributed by atoms with Crippen molar-refractivity contribution in [1.29, 1.82) is 0 Å². The van der Waals surface area contributed by atoms with E-state index in [1.165, 1.54) is 12.7 Å². The Labute approximate surface area is 253 Å². The summed E-state index contributed by atoms with van der Waals surface area (Å²) in [4.78, 5) is 40.3. The van der Waals surface area contributed by atoms with Crippen molar-refractivity contribution in [2.24, 2.45) is 61.7 Å². The molecule has 0 aromatic carbocycles. The van der Waals surface area contributed by atoms with Crippen LogP contribution in [0, 0.1) is 50.2 Å². The summed E-state index contributed by atoms with van der Waals surface area (Å²) in [5.74, 6) is 0.129. The Morgan fingerprint density at radius 1 is 0.976 bits per heavy atom. The van der Waals surface area contributed by atoms with Gasteiger partial charge in [0, 0.05) is 11.3 Å². The van der Waals surface area contributed by atoms with E-state index in [0.717, 1.165) is 57.8 Å². The Kier molecular flexibility index (Phi) is 7.66. The van der Waals surface area contributed by atoms with Crippen LogP contribution in [0.1, 0.15) is 113 Å². The first-order chi connectivity index (χ1) is 19.4. The molecule has 4 fully saturated rings. The average Bonchev–Trinajstić information content (AvgIpc) is 2.92. The van der Waals surface area contributed by atoms with E-state index in [1.54, 1.807) is 0 Å². The van der Waals surface area contributed by atoms with Crippen LogP contribution < -0.4 is 11.5 Å². The maximum Gasteiger partial charge on any atom is 0.323 e. The highest BCUT2D eigenvalue weighted by Crippen LogP contribution is 2.75. The molecule has 42 heavy (non-hydrogen) atoms. The van der Waals surface area contributed by atoms with Crippen molar-refractivity contribution in [1.82, 2.24) is 0 Å². The Balaban J connectivity index is 1.50. The van der Waals surface area contributed by atoms with Crippen LogP contribution in [0.5, 0.6) is 0 Å². The number of hydrogen-bond acceptors (Lipinski definition) is 7. The number of carbonyl (C=O) groups is 3. The largest absolute Gasteiger partial charge is 0.469 e. The number of fused-ring (bicyclic) bond motifs is 7. The van der Waals surface area contributed by atoms with Crippen LogP contribution in [0.4, 0.5) is 0 Å². The number of ketones is 1. The summed E-state index contributed by atoms with van der Waals surface area (Å²) < 4.78 is 11.3. The summed E-state index contributed by atoms with van der Waals surface area (Å²) in [6.45, 7) is 16.4. The molecule has 5 aliphatic carbocycles. The smallest absolute Gasteiger partial charge is 0.323 e. The van der Waals surface area contributed by atoms with Gasteiger partial charge >= 0.3 is 11.9 Å². The van der Waals surface area contributed by atoms with Gasteiger partial charge in [-0.25, -0.2) is 0 Å². The Bertz CT molecular complexity index is 1180. The maximum atomic E-state index is 14.6. The van der Waals surface area contributed by atoms with Crippen LogP contribution in [0.25, 0.3) is 0 Å². The lowest BCUT2D eigenvalue weighted by molar-refractivity contribution is -0.211. The molecule has 10 atom stereocenters. The molecule has 0 amide bonds. The van der Waals surface area contributed by atoms with Crippen molar-refractivity contribution in [3.8, 4) is 0 Å². The molecular weight excluding hydrogens is 528 g/mol. The minimum Gasteiger partial charge on any atom is -0.469 e. The minimum absolute atomic E-state index is 0.0899. The normalized spacial score (nSPS) is 46.6. The minimum atomic E-state index is -0.699. The lowest BCUT2D eigenvalue weighted by Crippen LogP contribution is -2.67. The van der Waals surface area contributed by atoms with Gasteiger partial charge in [0.15, 0.2) is 5.78 Å². The van der Waals surface area contributed by atoms with Gasteiger partial charge in [0.25, 0.3) is 0 Å².